The molecule has 0 fully saturated rings. The summed E-state index contributed by atoms with van der Waals surface area (Å²) in [5.74, 6) is -0.267. The van der Waals surface area contributed by atoms with Gasteiger partial charge in [-0.15, -0.1) is 6.58 Å². The summed E-state index contributed by atoms with van der Waals surface area (Å²) in [5.41, 5.74) is 0.946. The summed E-state index contributed by atoms with van der Waals surface area (Å²) in [6.45, 7) is 10.1. The standard InChI is InChI=1S/C16H23N3O2/c1-5-10-17-11-14(20)18-13-8-6-12(7-9-13)15(21)19-16(2,3)4/h5-9,17H,1,10-11H2,2-4H3,(H,18,20)(H,19,21). The summed E-state index contributed by atoms with van der Waals surface area (Å²) in [6.07, 6.45) is 1.69. The van der Waals surface area contributed by atoms with E-state index in [4.69, 9.17) is 0 Å². The first-order valence-corrected chi connectivity index (χ1v) is 6.86. The summed E-state index contributed by atoms with van der Waals surface area (Å²) in [5, 5.41) is 8.55. The van der Waals surface area contributed by atoms with Gasteiger partial charge in [0.15, 0.2) is 0 Å². The molecule has 0 aliphatic carbocycles. The largest absolute Gasteiger partial charge is 0.347 e. The number of nitrogens with one attached hydrogen (secondary N) is 3. The molecular weight excluding hydrogens is 266 g/mol. The third-order valence-corrected chi connectivity index (χ3v) is 2.49. The van der Waals surface area contributed by atoms with Crippen molar-refractivity contribution in [2.45, 2.75) is 26.3 Å². The summed E-state index contributed by atoms with van der Waals surface area (Å²) < 4.78 is 0. The Balaban J connectivity index is 2.56. The van der Waals surface area contributed by atoms with Crippen molar-refractivity contribution in [2.75, 3.05) is 18.4 Å². The number of carbonyl (C=O) groups is 2. The third kappa shape index (κ3) is 6.72. The Kier molecular flexibility index (Phi) is 6.11. The minimum atomic E-state index is -0.277. The summed E-state index contributed by atoms with van der Waals surface area (Å²) in [4.78, 5) is 23.6. The van der Waals surface area contributed by atoms with Gasteiger partial charge in [0.1, 0.15) is 0 Å². The van der Waals surface area contributed by atoms with Gasteiger partial charge in [-0.3, -0.25) is 9.59 Å². The van der Waals surface area contributed by atoms with Crippen LogP contribution in [0.15, 0.2) is 36.9 Å². The highest BCUT2D eigenvalue weighted by atomic mass is 16.2. The second-order valence-corrected chi connectivity index (χ2v) is 5.75. The number of anilines is 1. The normalized spacial score (nSPS) is 10.8. The van der Waals surface area contributed by atoms with Crippen LogP contribution in [0.3, 0.4) is 0 Å². The minimum Gasteiger partial charge on any atom is -0.347 e. The maximum Gasteiger partial charge on any atom is 0.251 e. The lowest BCUT2D eigenvalue weighted by molar-refractivity contribution is -0.115. The molecule has 0 bridgehead atoms. The van der Waals surface area contributed by atoms with Gasteiger partial charge in [-0.1, -0.05) is 6.08 Å². The monoisotopic (exact) mass is 289 g/mol. The van der Waals surface area contributed by atoms with Crippen LogP contribution < -0.4 is 16.0 Å². The van der Waals surface area contributed by atoms with Gasteiger partial charge in [-0.2, -0.15) is 0 Å². The first-order chi connectivity index (χ1) is 9.81. The average Bonchev–Trinajstić information content (AvgIpc) is 2.38. The Bertz CT molecular complexity index is 501. The maximum atomic E-state index is 12.0. The topological polar surface area (TPSA) is 70.2 Å². The van der Waals surface area contributed by atoms with Crippen molar-refractivity contribution in [1.29, 1.82) is 0 Å². The van der Waals surface area contributed by atoms with E-state index in [1.54, 1.807) is 30.3 Å². The van der Waals surface area contributed by atoms with Crippen LogP contribution in [0.5, 0.6) is 0 Å². The van der Waals surface area contributed by atoms with Gasteiger partial charge in [0.05, 0.1) is 6.54 Å². The van der Waals surface area contributed by atoms with Crippen molar-refractivity contribution in [3.63, 3.8) is 0 Å². The van der Waals surface area contributed by atoms with Crippen LogP contribution in [0.1, 0.15) is 31.1 Å². The van der Waals surface area contributed by atoms with Crippen molar-refractivity contribution in [3.05, 3.63) is 42.5 Å². The van der Waals surface area contributed by atoms with Gasteiger partial charge in [0, 0.05) is 23.3 Å². The minimum absolute atomic E-state index is 0.131. The molecule has 0 heterocycles. The molecule has 5 nitrogen and oxygen atoms in total. The molecule has 3 N–H and O–H groups in total. The van der Waals surface area contributed by atoms with Gasteiger partial charge in [-0.05, 0) is 45.0 Å². The number of amides is 2. The molecule has 21 heavy (non-hydrogen) atoms. The molecule has 1 rings (SSSR count). The van der Waals surface area contributed by atoms with E-state index in [1.807, 2.05) is 20.8 Å². The molecule has 0 unspecified atom stereocenters. The summed E-state index contributed by atoms with van der Waals surface area (Å²) >= 11 is 0. The fourth-order valence-electron chi connectivity index (χ4n) is 1.61. The Morgan fingerprint density at radius 1 is 1.19 bits per heavy atom. The molecule has 2 amide bonds. The number of carbonyl (C=O) groups excluding carboxylic acids is 2. The highest BCUT2D eigenvalue weighted by Gasteiger charge is 2.15. The van der Waals surface area contributed by atoms with Crippen LogP contribution in [0.2, 0.25) is 0 Å². The zero-order valence-corrected chi connectivity index (χ0v) is 12.8. The van der Waals surface area contributed by atoms with E-state index in [1.165, 1.54) is 0 Å². The number of rotatable bonds is 6. The van der Waals surface area contributed by atoms with Crippen molar-refractivity contribution < 1.29 is 9.59 Å². The lowest BCUT2D eigenvalue weighted by Gasteiger charge is -2.20. The molecule has 0 aliphatic rings. The van der Waals surface area contributed by atoms with Crippen LogP contribution in [-0.2, 0) is 4.79 Å². The second-order valence-electron chi connectivity index (χ2n) is 5.75. The lowest BCUT2D eigenvalue weighted by atomic mass is 10.1. The van der Waals surface area contributed by atoms with E-state index in [2.05, 4.69) is 22.5 Å². The fourth-order valence-corrected chi connectivity index (χ4v) is 1.61. The van der Waals surface area contributed by atoms with Gasteiger partial charge in [-0.25, -0.2) is 0 Å². The van der Waals surface area contributed by atoms with E-state index in [0.717, 1.165) is 0 Å². The van der Waals surface area contributed by atoms with E-state index in [0.29, 0.717) is 17.8 Å². The third-order valence-electron chi connectivity index (χ3n) is 2.49. The molecule has 1 aromatic rings. The SMILES string of the molecule is C=CCNCC(=O)Nc1ccc(C(=O)NC(C)(C)C)cc1. The van der Waals surface area contributed by atoms with E-state index in [-0.39, 0.29) is 23.9 Å². The van der Waals surface area contributed by atoms with Gasteiger partial charge >= 0.3 is 0 Å². The molecule has 0 aromatic heterocycles. The van der Waals surface area contributed by atoms with E-state index < -0.39 is 0 Å². The van der Waals surface area contributed by atoms with Crippen molar-refractivity contribution in [1.82, 2.24) is 10.6 Å². The first kappa shape index (κ1) is 16.9. The van der Waals surface area contributed by atoms with Gasteiger partial charge < -0.3 is 16.0 Å². The molecule has 0 saturated carbocycles. The molecule has 0 saturated heterocycles. The van der Waals surface area contributed by atoms with Crippen molar-refractivity contribution >= 4 is 17.5 Å². The Hall–Kier alpha value is -2.14. The predicted molar refractivity (Wildman–Crippen MR) is 85.4 cm³/mol. The number of hydrogen-bond donors (Lipinski definition) is 3. The zero-order chi connectivity index (χ0) is 15.9. The molecule has 0 spiro atoms. The molecule has 0 radical (unpaired) electrons. The Labute approximate surface area is 125 Å². The maximum absolute atomic E-state index is 12.0. The predicted octanol–water partition coefficient (Wildman–Crippen LogP) is 1.93. The molecule has 1 aromatic carbocycles. The number of benzene rings is 1. The van der Waals surface area contributed by atoms with Crippen LogP contribution in [0, 0.1) is 0 Å². The lowest BCUT2D eigenvalue weighted by Crippen LogP contribution is -2.40. The Morgan fingerprint density at radius 3 is 2.33 bits per heavy atom. The molecular formula is C16H23N3O2. The summed E-state index contributed by atoms with van der Waals surface area (Å²) in [7, 11) is 0. The quantitative estimate of drug-likeness (QED) is 0.553. The van der Waals surface area contributed by atoms with Gasteiger partial charge in [0.2, 0.25) is 5.91 Å². The van der Waals surface area contributed by atoms with Crippen molar-refractivity contribution in [3.8, 4) is 0 Å². The van der Waals surface area contributed by atoms with Gasteiger partial charge in [0.25, 0.3) is 5.91 Å². The molecule has 5 heteroatoms. The van der Waals surface area contributed by atoms with Crippen LogP contribution in [-0.4, -0.2) is 30.4 Å². The fraction of sp³-hybridized carbons (Fsp3) is 0.375. The van der Waals surface area contributed by atoms with Crippen LogP contribution in [0.4, 0.5) is 5.69 Å². The molecule has 0 aliphatic heterocycles. The van der Waals surface area contributed by atoms with Crippen LogP contribution >= 0.6 is 0 Å². The second kappa shape index (κ2) is 7.59. The smallest absolute Gasteiger partial charge is 0.251 e. The van der Waals surface area contributed by atoms with E-state index in [9.17, 15) is 9.59 Å². The van der Waals surface area contributed by atoms with E-state index >= 15 is 0 Å². The Morgan fingerprint density at radius 2 is 1.81 bits per heavy atom. The van der Waals surface area contributed by atoms with Crippen LogP contribution in [0.25, 0.3) is 0 Å². The highest BCUT2D eigenvalue weighted by Crippen LogP contribution is 2.10. The molecule has 0 atom stereocenters. The van der Waals surface area contributed by atoms with Crippen molar-refractivity contribution in [2.24, 2.45) is 0 Å². The highest BCUT2D eigenvalue weighted by molar-refractivity contribution is 5.96. The average molecular weight is 289 g/mol. The molecule has 114 valence electrons. The summed E-state index contributed by atoms with van der Waals surface area (Å²) in [6, 6.07) is 6.80. The number of hydrogen-bond acceptors (Lipinski definition) is 3. The first-order valence-electron chi connectivity index (χ1n) is 6.86. The zero-order valence-electron chi connectivity index (χ0n) is 12.8.